The summed E-state index contributed by atoms with van der Waals surface area (Å²) in [5.74, 6) is 0.265. The maximum Gasteiger partial charge on any atom is 0.226 e. The Morgan fingerprint density at radius 2 is 1.67 bits per heavy atom. The lowest BCUT2D eigenvalue weighted by molar-refractivity contribution is -0.129. The average Bonchev–Trinajstić information content (AvgIpc) is 3.38. The van der Waals surface area contributed by atoms with Gasteiger partial charge in [-0.3, -0.25) is 9.59 Å². The van der Waals surface area contributed by atoms with E-state index in [1.807, 2.05) is 96.5 Å². The summed E-state index contributed by atoms with van der Waals surface area (Å²) in [6, 6.07) is 27.2. The van der Waals surface area contributed by atoms with Gasteiger partial charge in [0.1, 0.15) is 11.9 Å². The summed E-state index contributed by atoms with van der Waals surface area (Å²) in [5.41, 5.74) is 3.91. The number of hydrogen-bond donors (Lipinski definition) is 1. The maximum atomic E-state index is 13.3. The number of fused-ring (bicyclic) bond motifs is 1. The van der Waals surface area contributed by atoms with Gasteiger partial charge in [-0.15, -0.1) is 0 Å². The number of rotatable bonds is 6. The van der Waals surface area contributed by atoms with Crippen molar-refractivity contribution in [3.8, 4) is 0 Å². The summed E-state index contributed by atoms with van der Waals surface area (Å²) in [4.78, 5) is 32.6. The zero-order valence-corrected chi connectivity index (χ0v) is 18.5. The van der Waals surface area contributed by atoms with E-state index in [2.05, 4.69) is 5.32 Å². The van der Waals surface area contributed by atoms with Gasteiger partial charge < -0.3 is 14.8 Å². The van der Waals surface area contributed by atoms with E-state index in [1.165, 1.54) is 0 Å². The number of aromatic nitrogens is 2. The molecule has 0 spiro atoms. The van der Waals surface area contributed by atoms with E-state index in [0.717, 1.165) is 28.0 Å². The fourth-order valence-corrected chi connectivity index (χ4v) is 4.53. The van der Waals surface area contributed by atoms with Gasteiger partial charge in [-0.05, 0) is 23.3 Å². The van der Waals surface area contributed by atoms with Gasteiger partial charge in [-0.2, -0.15) is 0 Å². The van der Waals surface area contributed by atoms with E-state index < -0.39 is 6.04 Å². The molecule has 6 nitrogen and oxygen atoms in total. The van der Waals surface area contributed by atoms with Gasteiger partial charge >= 0.3 is 0 Å². The van der Waals surface area contributed by atoms with Crippen LogP contribution in [0.3, 0.4) is 0 Å². The van der Waals surface area contributed by atoms with E-state index in [9.17, 15) is 9.59 Å². The molecule has 1 aliphatic heterocycles. The second kappa shape index (κ2) is 8.90. The van der Waals surface area contributed by atoms with Crippen molar-refractivity contribution in [2.75, 3.05) is 6.54 Å². The Hall–Kier alpha value is -3.93. The van der Waals surface area contributed by atoms with Crippen LogP contribution in [0.15, 0.2) is 84.9 Å². The average molecular weight is 439 g/mol. The van der Waals surface area contributed by atoms with Crippen LogP contribution in [0.2, 0.25) is 0 Å². The molecule has 1 aromatic heterocycles. The van der Waals surface area contributed by atoms with Gasteiger partial charge in [-0.25, -0.2) is 4.98 Å². The van der Waals surface area contributed by atoms with Gasteiger partial charge in [0.2, 0.25) is 11.8 Å². The predicted molar refractivity (Wildman–Crippen MR) is 127 cm³/mol. The third-order valence-electron chi connectivity index (χ3n) is 6.30. The van der Waals surface area contributed by atoms with E-state index in [0.29, 0.717) is 13.1 Å². The van der Waals surface area contributed by atoms with Gasteiger partial charge in [0.05, 0.1) is 17.0 Å². The van der Waals surface area contributed by atoms with Crippen molar-refractivity contribution in [1.29, 1.82) is 0 Å². The van der Waals surface area contributed by atoms with Crippen LogP contribution in [0.25, 0.3) is 11.0 Å². The third kappa shape index (κ3) is 4.24. The summed E-state index contributed by atoms with van der Waals surface area (Å²) in [6.45, 7) is 0.944. The first-order chi connectivity index (χ1) is 16.1. The van der Waals surface area contributed by atoms with E-state index >= 15 is 0 Å². The molecule has 166 valence electrons. The van der Waals surface area contributed by atoms with Gasteiger partial charge in [0, 0.05) is 26.6 Å². The van der Waals surface area contributed by atoms with Crippen molar-refractivity contribution in [1.82, 2.24) is 19.8 Å². The molecule has 0 bridgehead atoms. The summed E-state index contributed by atoms with van der Waals surface area (Å²) >= 11 is 0. The maximum absolute atomic E-state index is 13.3. The van der Waals surface area contributed by atoms with Crippen LogP contribution < -0.4 is 5.32 Å². The van der Waals surface area contributed by atoms with E-state index in [1.54, 1.807) is 4.90 Å². The zero-order chi connectivity index (χ0) is 22.8. The molecule has 5 rings (SSSR count). The van der Waals surface area contributed by atoms with Crippen LogP contribution in [0.1, 0.15) is 29.4 Å². The third-order valence-corrected chi connectivity index (χ3v) is 6.30. The topological polar surface area (TPSA) is 67.2 Å². The Bertz CT molecular complexity index is 1280. The molecule has 1 saturated heterocycles. The number of benzene rings is 3. The number of hydrogen-bond acceptors (Lipinski definition) is 3. The quantitative estimate of drug-likeness (QED) is 0.498. The molecule has 6 heteroatoms. The van der Waals surface area contributed by atoms with Crippen molar-refractivity contribution in [2.45, 2.75) is 19.0 Å². The van der Waals surface area contributed by atoms with Crippen LogP contribution in [0, 0.1) is 5.92 Å². The largest absolute Gasteiger partial charge is 0.342 e. The van der Waals surface area contributed by atoms with Crippen LogP contribution in [0.5, 0.6) is 0 Å². The number of carbonyl (C=O) groups excluding carboxylic acids is 2. The molecule has 2 amide bonds. The summed E-state index contributed by atoms with van der Waals surface area (Å²) in [7, 11) is 1.97. The van der Waals surface area contributed by atoms with Crippen LogP contribution in [0.4, 0.5) is 0 Å². The number of amides is 2. The second-order valence-corrected chi connectivity index (χ2v) is 8.53. The summed E-state index contributed by atoms with van der Waals surface area (Å²) in [5, 5.41) is 3.20. The molecular formula is C27H26N4O2. The van der Waals surface area contributed by atoms with Gasteiger partial charge in [-0.1, -0.05) is 72.8 Å². The number of nitrogens with zero attached hydrogens (tertiary/aromatic N) is 3. The van der Waals surface area contributed by atoms with Gasteiger partial charge in [0.25, 0.3) is 0 Å². The molecule has 1 aliphatic rings. The predicted octanol–water partition coefficient (Wildman–Crippen LogP) is 3.83. The molecule has 2 unspecified atom stereocenters. The van der Waals surface area contributed by atoms with Crippen molar-refractivity contribution in [2.24, 2.45) is 13.0 Å². The second-order valence-electron chi connectivity index (χ2n) is 8.53. The highest BCUT2D eigenvalue weighted by Gasteiger charge is 2.36. The Balaban J connectivity index is 1.39. The number of carbonyl (C=O) groups is 2. The molecule has 0 saturated carbocycles. The summed E-state index contributed by atoms with van der Waals surface area (Å²) < 4.78 is 2.02. The molecule has 2 atom stereocenters. The minimum absolute atomic E-state index is 0.0120. The Kier molecular flexibility index (Phi) is 5.65. The van der Waals surface area contributed by atoms with Crippen molar-refractivity contribution in [3.05, 3.63) is 102 Å². The van der Waals surface area contributed by atoms with E-state index in [4.69, 9.17) is 4.98 Å². The fourth-order valence-electron chi connectivity index (χ4n) is 4.53. The normalized spacial score (nSPS) is 16.8. The lowest BCUT2D eigenvalue weighted by Crippen LogP contribution is -2.37. The first-order valence-electron chi connectivity index (χ1n) is 11.2. The molecule has 3 aromatic carbocycles. The van der Waals surface area contributed by atoms with Crippen molar-refractivity contribution in [3.63, 3.8) is 0 Å². The first-order valence-corrected chi connectivity index (χ1v) is 11.2. The minimum Gasteiger partial charge on any atom is -0.342 e. The van der Waals surface area contributed by atoms with Crippen molar-refractivity contribution < 1.29 is 9.59 Å². The van der Waals surface area contributed by atoms with E-state index in [-0.39, 0.29) is 24.2 Å². The number of nitrogens with one attached hydrogen (secondary N) is 1. The monoisotopic (exact) mass is 438 g/mol. The SMILES string of the molecule is Cn1c(C(NC(=O)C2CC(=O)N(Cc3ccccc3)C2)c2ccccc2)nc2ccccc21. The Morgan fingerprint density at radius 1 is 1.00 bits per heavy atom. The van der Waals surface area contributed by atoms with Crippen molar-refractivity contribution >= 4 is 22.8 Å². The molecule has 2 heterocycles. The molecule has 0 aliphatic carbocycles. The number of likely N-dealkylation sites (tertiary alicyclic amines) is 1. The molecule has 1 N–H and O–H groups in total. The lowest BCUT2D eigenvalue weighted by atomic mass is 10.0. The zero-order valence-electron chi connectivity index (χ0n) is 18.5. The van der Waals surface area contributed by atoms with Crippen LogP contribution in [-0.4, -0.2) is 32.8 Å². The molecular weight excluding hydrogens is 412 g/mol. The fraction of sp³-hybridized carbons (Fsp3) is 0.222. The smallest absolute Gasteiger partial charge is 0.226 e. The van der Waals surface area contributed by atoms with Crippen LogP contribution >= 0.6 is 0 Å². The Labute approximate surface area is 192 Å². The number of para-hydroxylation sites is 2. The highest BCUT2D eigenvalue weighted by Crippen LogP contribution is 2.27. The lowest BCUT2D eigenvalue weighted by Gasteiger charge is -2.21. The number of imidazole rings is 1. The number of aryl methyl sites for hydroxylation is 1. The highest BCUT2D eigenvalue weighted by molar-refractivity contribution is 5.89. The molecule has 33 heavy (non-hydrogen) atoms. The Morgan fingerprint density at radius 3 is 2.39 bits per heavy atom. The molecule has 1 fully saturated rings. The standard InChI is InChI=1S/C27H26N4O2/c1-30-23-15-9-8-14-22(23)28-26(30)25(20-12-6-3-7-13-20)29-27(33)21-16-24(32)31(18-21)17-19-10-4-2-5-11-19/h2-15,21,25H,16-18H2,1H3,(H,29,33). The minimum atomic E-state index is -0.408. The summed E-state index contributed by atoms with van der Waals surface area (Å²) in [6.07, 6.45) is 0.225. The van der Waals surface area contributed by atoms with Gasteiger partial charge in [0.15, 0.2) is 0 Å². The van der Waals surface area contributed by atoms with Crippen LogP contribution in [-0.2, 0) is 23.2 Å². The molecule has 4 aromatic rings. The molecule has 0 radical (unpaired) electrons. The first kappa shape index (κ1) is 20.9. The highest BCUT2D eigenvalue weighted by atomic mass is 16.2.